The summed E-state index contributed by atoms with van der Waals surface area (Å²) < 4.78 is 41.6. The van der Waals surface area contributed by atoms with Crippen LogP contribution in [0.5, 0.6) is 0 Å². The van der Waals surface area contributed by atoms with Gasteiger partial charge in [-0.25, -0.2) is 4.79 Å². The molecule has 5 aliphatic rings. The normalized spacial score (nSPS) is 22.2. The Morgan fingerprint density at radius 3 is 2.06 bits per heavy atom. The minimum Gasteiger partial charge on any atom is -0.397 e. The number of rotatable bonds is 8. The van der Waals surface area contributed by atoms with Crippen LogP contribution in [0.25, 0.3) is 0 Å². The number of fused-ring (bicyclic) bond motifs is 1. The summed E-state index contributed by atoms with van der Waals surface area (Å²) in [4.78, 5) is 51.6. The quantitative estimate of drug-likeness (QED) is 0.354. The second-order valence-corrected chi connectivity index (χ2v) is 15.6. The van der Waals surface area contributed by atoms with Crippen LogP contribution in [0.15, 0.2) is 36.4 Å². The highest BCUT2D eigenvalue weighted by Gasteiger charge is 2.38. The number of carbonyl (C=O) groups is 3. The number of anilines is 2. The van der Waals surface area contributed by atoms with Crippen LogP contribution in [0.2, 0.25) is 5.02 Å². The number of urea groups is 1. The smallest absolute Gasteiger partial charge is 0.397 e. The van der Waals surface area contributed by atoms with Crippen molar-refractivity contribution in [2.75, 3.05) is 70.0 Å². The van der Waals surface area contributed by atoms with Crippen molar-refractivity contribution >= 4 is 40.8 Å². The average Bonchev–Trinajstić information content (AvgIpc) is 4.00. The van der Waals surface area contributed by atoms with E-state index in [9.17, 15) is 27.6 Å². The standard InChI is InChI=1S/C38H49ClF3N7O3/c39-32-23-25(22-31(35(32)43)38(40,41)42)21-27(36(51)48-14-8-29(9-15-48)46-19-17-45(18-20-46)28-5-6-28)24-34(50)47-12-10-30(11-13-47)49-16-7-26-3-1-2-4-33(26)44-37(49)52/h1-4,22-23,27-30H,5-21,24,43H2,(H,44,52)/t27-/m0/s1. The fourth-order valence-corrected chi connectivity index (χ4v) is 8.92. The number of benzene rings is 2. The Hall–Kier alpha value is -3.55. The SMILES string of the molecule is Nc1c(Cl)cc(C[C@@H](CC(=O)N2CCC(N3CCc4ccccc4NC3=O)CC2)C(=O)N2CCC(N3CCN(C4CC4)CC3)CC2)cc1C(F)(F)F. The highest BCUT2D eigenvalue weighted by molar-refractivity contribution is 6.33. The number of carbonyl (C=O) groups excluding carboxylic acids is 3. The maximum absolute atomic E-state index is 14.2. The van der Waals surface area contributed by atoms with Crippen molar-refractivity contribution in [3.8, 4) is 0 Å². The number of alkyl halides is 3. The first-order chi connectivity index (χ1) is 24.9. The minimum absolute atomic E-state index is 0.0357. The van der Waals surface area contributed by atoms with E-state index in [-0.39, 0.29) is 47.3 Å². The number of nitrogens with two attached hydrogens (primary N) is 1. The summed E-state index contributed by atoms with van der Waals surface area (Å²) in [5.41, 5.74) is 6.23. The van der Waals surface area contributed by atoms with Crippen LogP contribution in [0.1, 0.15) is 61.6 Å². The maximum Gasteiger partial charge on any atom is 0.418 e. The lowest BCUT2D eigenvalue weighted by molar-refractivity contribution is -0.143. The van der Waals surface area contributed by atoms with Crippen molar-refractivity contribution in [2.45, 2.75) is 82.1 Å². The highest BCUT2D eigenvalue weighted by atomic mass is 35.5. The van der Waals surface area contributed by atoms with E-state index >= 15 is 0 Å². The highest BCUT2D eigenvalue weighted by Crippen LogP contribution is 2.39. The Balaban J connectivity index is 0.998. The van der Waals surface area contributed by atoms with Crippen LogP contribution in [-0.2, 0) is 28.6 Å². The molecule has 1 aliphatic carbocycles. The van der Waals surface area contributed by atoms with Gasteiger partial charge in [-0.15, -0.1) is 0 Å². The van der Waals surface area contributed by atoms with Crippen LogP contribution in [-0.4, -0.2) is 119 Å². The Bertz CT molecular complexity index is 1630. The van der Waals surface area contributed by atoms with Gasteiger partial charge in [-0.2, -0.15) is 13.2 Å². The Kier molecular flexibility index (Phi) is 10.9. The predicted octanol–water partition coefficient (Wildman–Crippen LogP) is 5.34. The van der Waals surface area contributed by atoms with Crippen molar-refractivity contribution in [2.24, 2.45) is 5.92 Å². The molecule has 0 bridgehead atoms. The third-order valence-corrected chi connectivity index (χ3v) is 12.2. The first-order valence-corrected chi connectivity index (χ1v) is 19.2. The van der Waals surface area contributed by atoms with Gasteiger partial charge in [-0.05, 0) is 80.7 Å². The summed E-state index contributed by atoms with van der Waals surface area (Å²) in [6.07, 6.45) is 1.26. The first kappa shape index (κ1) is 36.8. The van der Waals surface area contributed by atoms with Crippen molar-refractivity contribution in [3.63, 3.8) is 0 Å². The average molecular weight is 744 g/mol. The molecule has 3 N–H and O–H groups in total. The third-order valence-electron chi connectivity index (χ3n) is 11.9. The summed E-state index contributed by atoms with van der Waals surface area (Å²) in [5, 5.41) is 2.79. The van der Waals surface area contributed by atoms with E-state index in [4.69, 9.17) is 17.3 Å². The Morgan fingerprint density at radius 1 is 0.827 bits per heavy atom. The largest absolute Gasteiger partial charge is 0.418 e. The zero-order chi connectivity index (χ0) is 36.6. The second kappa shape index (κ2) is 15.4. The molecule has 7 rings (SSSR count). The number of nitrogens with zero attached hydrogens (tertiary/aromatic N) is 5. The maximum atomic E-state index is 14.2. The molecule has 282 valence electrons. The van der Waals surface area contributed by atoms with Gasteiger partial charge in [0.25, 0.3) is 0 Å². The van der Waals surface area contributed by atoms with Gasteiger partial charge in [-0.3, -0.25) is 19.4 Å². The monoisotopic (exact) mass is 743 g/mol. The van der Waals surface area contributed by atoms with Gasteiger partial charge in [-0.1, -0.05) is 29.8 Å². The molecule has 0 aromatic heterocycles. The Morgan fingerprint density at radius 2 is 1.42 bits per heavy atom. The summed E-state index contributed by atoms with van der Waals surface area (Å²) in [7, 11) is 0. The molecule has 1 saturated carbocycles. The lowest BCUT2D eigenvalue weighted by atomic mass is 9.91. The number of halogens is 4. The number of nitrogen functional groups attached to an aromatic ring is 1. The van der Waals surface area contributed by atoms with Gasteiger partial charge in [0.2, 0.25) is 11.8 Å². The molecule has 0 radical (unpaired) electrons. The van der Waals surface area contributed by atoms with Crippen LogP contribution >= 0.6 is 11.6 Å². The molecule has 4 aliphatic heterocycles. The minimum atomic E-state index is -4.72. The molecule has 14 heteroatoms. The molecule has 10 nitrogen and oxygen atoms in total. The van der Waals surface area contributed by atoms with Gasteiger partial charge in [0.1, 0.15) is 0 Å². The van der Waals surface area contributed by atoms with E-state index in [1.54, 1.807) is 9.80 Å². The third kappa shape index (κ3) is 8.31. The molecule has 4 amide bonds. The fourth-order valence-electron chi connectivity index (χ4n) is 8.68. The Labute approximate surface area is 308 Å². The number of hydrogen-bond donors (Lipinski definition) is 2. The molecule has 0 unspecified atom stereocenters. The number of piperidine rings is 2. The summed E-state index contributed by atoms with van der Waals surface area (Å²) in [5.74, 6) is -1.30. The van der Waals surface area contributed by atoms with Crippen molar-refractivity contribution in [1.82, 2.24) is 24.5 Å². The molecular weight excluding hydrogens is 695 g/mol. The van der Waals surface area contributed by atoms with E-state index in [1.807, 2.05) is 29.2 Å². The van der Waals surface area contributed by atoms with Gasteiger partial charge in [0.15, 0.2) is 0 Å². The van der Waals surface area contributed by atoms with E-state index < -0.39 is 23.3 Å². The molecule has 52 heavy (non-hydrogen) atoms. The summed E-state index contributed by atoms with van der Waals surface area (Å²) in [6, 6.07) is 11.1. The summed E-state index contributed by atoms with van der Waals surface area (Å²) in [6.45, 7) is 6.72. The lowest BCUT2D eigenvalue weighted by Gasteiger charge is -2.43. The van der Waals surface area contributed by atoms with Crippen LogP contribution < -0.4 is 11.1 Å². The summed E-state index contributed by atoms with van der Waals surface area (Å²) >= 11 is 6.17. The molecule has 2 aromatic carbocycles. The number of nitrogens with one attached hydrogen (secondary N) is 1. The van der Waals surface area contributed by atoms with E-state index in [1.165, 1.54) is 18.9 Å². The van der Waals surface area contributed by atoms with Crippen LogP contribution in [0.3, 0.4) is 0 Å². The molecule has 0 spiro atoms. The van der Waals surface area contributed by atoms with E-state index in [0.717, 1.165) is 68.8 Å². The van der Waals surface area contributed by atoms with Crippen LogP contribution in [0.4, 0.5) is 29.3 Å². The predicted molar refractivity (Wildman–Crippen MR) is 194 cm³/mol. The zero-order valence-electron chi connectivity index (χ0n) is 29.6. The van der Waals surface area contributed by atoms with Gasteiger partial charge >= 0.3 is 12.2 Å². The molecule has 2 aromatic rings. The first-order valence-electron chi connectivity index (χ1n) is 18.8. The van der Waals surface area contributed by atoms with E-state index in [0.29, 0.717) is 51.6 Å². The van der Waals surface area contributed by atoms with Crippen molar-refractivity contribution < 1.29 is 27.6 Å². The second-order valence-electron chi connectivity index (χ2n) is 15.1. The van der Waals surface area contributed by atoms with Crippen LogP contribution in [0, 0.1) is 5.92 Å². The molecule has 1 atom stereocenters. The fraction of sp³-hybridized carbons (Fsp3) is 0.605. The molecule has 4 heterocycles. The van der Waals surface area contributed by atoms with Gasteiger partial charge < -0.3 is 25.8 Å². The molecule has 3 saturated heterocycles. The topological polar surface area (TPSA) is 105 Å². The number of likely N-dealkylation sites (tertiary alicyclic amines) is 2. The van der Waals surface area contributed by atoms with Crippen molar-refractivity contribution in [3.05, 3.63) is 58.1 Å². The number of hydrogen-bond acceptors (Lipinski definition) is 6. The molecule has 4 fully saturated rings. The number of amides is 4. The van der Waals surface area contributed by atoms with Gasteiger partial charge in [0.05, 0.1) is 22.2 Å². The zero-order valence-corrected chi connectivity index (χ0v) is 30.3. The lowest BCUT2D eigenvalue weighted by Crippen LogP contribution is -2.54. The van der Waals surface area contributed by atoms with Gasteiger partial charge in [0, 0.05) is 89.1 Å². The molecular formula is C38H49ClF3N7O3. The number of piperazine rings is 1. The number of para-hydroxylation sites is 1. The van der Waals surface area contributed by atoms with Crippen molar-refractivity contribution in [1.29, 1.82) is 0 Å². The van der Waals surface area contributed by atoms with E-state index in [2.05, 4.69) is 15.1 Å².